The molecule has 0 aromatic rings. The van der Waals surface area contributed by atoms with Gasteiger partial charge in [0, 0.05) is 13.0 Å². The summed E-state index contributed by atoms with van der Waals surface area (Å²) in [6.45, 7) is 2.59. The van der Waals surface area contributed by atoms with Gasteiger partial charge in [-0.15, -0.1) is 0 Å². The molecule has 0 radical (unpaired) electrons. The molecule has 62 valence electrons. The molecular weight excluding hydrogens is 146 g/mol. The van der Waals surface area contributed by atoms with E-state index >= 15 is 0 Å². The molecule has 5 nitrogen and oxygen atoms in total. The molecule has 1 heterocycles. The minimum Gasteiger partial charge on any atom is -0.424 e. The highest BCUT2D eigenvalue weighted by atomic mass is 16.6. The number of carbonyl (C=O) groups excluding carboxylic acids is 1. The van der Waals surface area contributed by atoms with Gasteiger partial charge in [-0.25, -0.2) is 9.79 Å². The number of nitrogens with one attached hydrogen (secondary N) is 1. The predicted octanol–water partition coefficient (Wildman–Crippen LogP) is -0.180. The zero-order chi connectivity index (χ0) is 8.27. The lowest BCUT2D eigenvalue weighted by atomic mass is 10.3. The topological polar surface area (TPSA) is 76.7 Å². The van der Waals surface area contributed by atoms with Crippen molar-refractivity contribution in [3.8, 4) is 0 Å². The molecule has 11 heavy (non-hydrogen) atoms. The van der Waals surface area contributed by atoms with E-state index in [2.05, 4.69) is 15.0 Å². The number of nitrogens with zero attached hydrogens (tertiary/aromatic N) is 1. The Morgan fingerprint density at radius 3 is 3.18 bits per heavy atom. The largest absolute Gasteiger partial charge is 0.424 e. The molecule has 3 N–H and O–H groups in total. The van der Waals surface area contributed by atoms with Crippen LogP contribution in [0.2, 0.25) is 0 Å². The van der Waals surface area contributed by atoms with Crippen LogP contribution in [-0.4, -0.2) is 24.7 Å². The van der Waals surface area contributed by atoms with Crippen molar-refractivity contribution in [2.45, 2.75) is 19.6 Å². The molecule has 1 aliphatic rings. The molecule has 0 saturated carbocycles. The van der Waals surface area contributed by atoms with E-state index in [0.29, 0.717) is 6.42 Å². The summed E-state index contributed by atoms with van der Waals surface area (Å²) in [5.74, 6) is 0.780. The van der Waals surface area contributed by atoms with Crippen LogP contribution in [0.25, 0.3) is 0 Å². The number of amides is 1. The van der Waals surface area contributed by atoms with Crippen LogP contribution in [0.1, 0.15) is 13.3 Å². The van der Waals surface area contributed by atoms with Crippen LogP contribution in [0.15, 0.2) is 4.99 Å². The first-order valence-corrected chi connectivity index (χ1v) is 3.43. The third kappa shape index (κ3) is 2.45. The molecule has 1 amide bonds. The first kappa shape index (κ1) is 7.84. The number of hydrogen-bond acceptors (Lipinski definition) is 4. The summed E-state index contributed by atoms with van der Waals surface area (Å²) in [4.78, 5) is 14.3. The van der Waals surface area contributed by atoms with Crippen molar-refractivity contribution in [2.75, 3.05) is 6.54 Å². The number of hydrogen-bond donors (Lipinski definition) is 2. The quantitative estimate of drug-likeness (QED) is 0.554. The number of ether oxygens (including phenoxy) is 1. The van der Waals surface area contributed by atoms with Crippen molar-refractivity contribution < 1.29 is 9.53 Å². The average molecular weight is 157 g/mol. The van der Waals surface area contributed by atoms with E-state index in [-0.39, 0.29) is 0 Å². The minimum absolute atomic E-state index is 0.395. The van der Waals surface area contributed by atoms with E-state index in [1.807, 2.05) is 6.92 Å². The molecule has 1 atom stereocenters. The van der Waals surface area contributed by atoms with E-state index in [4.69, 9.17) is 5.73 Å². The fourth-order valence-corrected chi connectivity index (χ4v) is 0.922. The number of primary amides is 1. The maximum atomic E-state index is 10.3. The molecule has 0 aromatic carbocycles. The zero-order valence-electron chi connectivity index (χ0n) is 6.33. The normalized spacial score (nSPS) is 23.4. The van der Waals surface area contributed by atoms with Crippen LogP contribution in [-0.2, 0) is 4.74 Å². The molecule has 0 fully saturated rings. The number of rotatable bonds is 1. The Labute approximate surface area is 64.6 Å². The van der Waals surface area contributed by atoms with Gasteiger partial charge in [0.1, 0.15) is 0 Å². The van der Waals surface area contributed by atoms with E-state index in [9.17, 15) is 4.79 Å². The Kier molecular flexibility index (Phi) is 2.30. The van der Waals surface area contributed by atoms with Gasteiger partial charge in [0.05, 0.1) is 5.84 Å². The Morgan fingerprint density at radius 1 is 1.91 bits per heavy atom. The fraction of sp³-hybridized carbons (Fsp3) is 0.667. The van der Waals surface area contributed by atoms with Crippen molar-refractivity contribution in [1.29, 1.82) is 0 Å². The maximum Gasteiger partial charge on any atom is 0.406 e. The first-order valence-electron chi connectivity index (χ1n) is 3.43. The van der Waals surface area contributed by atoms with Crippen LogP contribution in [0.5, 0.6) is 0 Å². The van der Waals surface area contributed by atoms with Gasteiger partial charge in [0.15, 0.2) is 6.23 Å². The smallest absolute Gasteiger partial charge is 0.406 e. The predicted molar refractivity (Wildman–Crippen MR) is 40.2 cm³/mol. The zero-order valence-corrected chi connectivity index (χ0v) is 6.33. The highest BCUT2D eigenvalue weighted by molar-refractivity contribution is 5.80. The minimum atomic E-state index is -0.770. The van der Waals surface area contributed by atoms with Crippen molar-refractivity contribution in [3.05, 3.63) is 0 Å². The van der Waals surface area contributed by atoms with Gasteiger partial charge in [-0.2, -0.15) is 0 Å². The van der Waals surface area contributed by atoms with Gasteiger partial charge in [-0.3, -0.25) is 0 Å². The van der Waals surface area contributed by atoms with Crippen molar-refractivity contribution in [1.82, 2.24) is 5.32 Å². The Balaban J connectivity index is 2.46. The van der Waals surface area contributed by atoms with Crippen LogP contribution < -0.4 is 11.1 Å². The third-order valence-electron chi connectivity index (χ3n) is 1.36. The van der Waals surface area contributed by atoms with Crippen LogP contribution in [0, 0.1) is 0 Å². The lowest BCUT2D eigenvalue weighted by molar-refractivity contribution is 0.104. The van der Waals surface area contributed by atoms with Gasteiger partial charge in [0.2, 0.25) is 0 Å². The summed E-state index contributed by atoms with van der Waals surface area (Å²) in [6, 6.07) is 0. The monoisotopic (exact) mass is 157 g/mol. The number of amidine groups is 1. The lowest BCUT2D eigenvalue weighted by Crippen LogP contribution is -2.34. The highest BCUT2D eigenvalue weighted by Crippen LogP contribution is 2.03. The van der Waals surface area contributed by atoms with Crippen molar-refractivity contribution in [2.24, 2.45) is 10.7 Å². The van der Waals surface area contributed by atoms with Crippen LogP contribution in [0.3, 0.4) is 0 Å². The highest BCUT2D eigenvalue weighted by Gasteiger charge is 2.14. The summed E-state index contributed by atoms with van der Waals surface area (Å²) in [6.07, 6.45) is -0.484. The molecule has 0 unspecified atom stereocenters. The molecule has 0 spiro atoms. The molecule has 0 aliphatic carbocycles. The van der Waals surface area contributed by atoms with Gasteiger partial charge in [0.25, 0.3) is 0 Å². The van der Waals surface area contributed by atoms with E-state index in [0.717, 1.165) is 12.4 Å². The second-order valence-corrected chi connectivity index (χ2v) is 2.32. The van der Waals surface area contributed by atoms with Crippen LogP contribution in [0.4, 0.5) is 4.79 Å². The van der Waals surface area contributed by atoms with E-state index in [1.54, 1.807) is 0 Å². The Morgan fingerprint density at radius 2 is 2.64 bits per heavy atom. The molecule has 0 bridgehead atoms. The SMILES string of the molecule is CC1=N[C@@H](OC(N)=O)CCN1. The van der Waals surface area contributed by atoms with Gasteiger partial charge >= 0.3 is 6.09 Å². The van der Waals surface area contributed by atoms with E-state index in [1.165, 1.54) is 0 Å². The van der Waals surface area contributed by atoms with E-state index < -0.39 is 12.3 Å². The summed E-state index contributed by atoms with van der Waals surface area (Å²) >= 11 is 0. The standard InChI is InChI=1S/C6H11N3O2/c1-4-8-3-2-5(9-4)11-6(7)10/h5H,2-3H2,1H3,(H2,7,10)(H,8,9)/t5-/m0/s1. The molecule has 1 rings (SSSR count). The summed E-state index contributed by atoms with van der Waals surface area (Å²) in [5, 5.41) is 3.00. The maximum absolute atomic E-state index is 10.3. The fourth-order valence-electron chi connectivity index (χ4n) is 0.922. The van der Waals surface area contributed by atoms with Gasteiger partial charge in [-0.05, 0) is 6.92 Å². The Hall–Kier alpha value is -1.26. The lowest BCUT2D eigenvalue weighted by Gasteiger charge is -2.19. The van der Waals surface area contributed by atoms with Crippen molar-refractivity contribution in [3.63, 3.8) is 0 Å². The third-order valence-corrected chi connectivity index (χ3v) is 1.36. The first-order chi connectivity index (χ1) is 5.18. The molecule has 0 aromatic heterocycles. The van der Waals surface area contributed by atoms with Crippen LogP contribution >= 0.6 is 0 Å². The second-order valence-electron chi connectivity index (χ2n) is 2.32. The molecule has 1 aliphatic heterocycles. The average Bonchev–Trinajstić information content (AvgIpc) is 1.85. The summed E-state index contributed by atoms with van der Waals surface area (Å²) < 4.78 is 4.67. The van der Waals surface area contributed by atoms with Crippen molar-refractivity contribution >= 4 is 11.9 Å². The summed E-state index contributed by atoms with van der Waals surface area (Å²) in [7, 11) is 0. The molecule has 0 saturated heterocycles. The van der Waals surface area contributed by atoms with Gasteiger partial charge < -0.3 is 15.8 Å². The number of nitrogens with two attached hydrogens (primary N) is 1. The number of carbonyl (C=O) groups is 1. The van der Waals surface area contributed by atoms with Gasteiger partial charge in [-0.1, -0.05) is 0 Å². The number of aliphatic imine (C=N–C) groups is 1. The Bertz CT molecular complexity index is 190. The molecule has 5 heteroatoms. The molecular formula is C6H11N3O2. The second kappa shape index (κ2) is 3.23. The summed E-state index contributed by atoms with van der Waals surface area (Å²) in [5.41, 5.74) is 4.82.